The number of ether oxygens (including phenoxy) is 2. The van der Waals surface area contributed by atoms with E-state index in [0.29, 0.717) is 13.3 Å². The van der Waals surface area contributed by atoms with Crippen molar-refractivity contribution in [1.82, 2.24) is 9.55 Å². The van der Waals surface area contributed by atoms with Gasteiger partial charge >= 0.3 is 0 Å². The van der Waals surface area contributed by atoms with Gasteiger partial charge in [-0.2, -0.15) is 0 Å². The molecule has 0 spiro atoms. The highest BCUT2D eigenvalue weighted by Crippen LogP contribution is 2.36. The molecular weight excluding hydrogens is 404 g/mol. The van der Waals surface area contributed by atoms with Crippen LogP contribution in [0.4, 0.5) is 0 Å². The molecule has 0 amide bonds. The Morgan fingerprint density at radius 1 is 1.00 bits per heavy atom. The molecule has 168 valence electrons. The molecule has 1 heterocycles. The number of hydrogen-bond donors (Lipinski definition) is 0. The molecule has 0 aliphatic heterocycles. The molecule has 0 atom stereocenters. The molecule has 3 rings (SSSR count). The van der Waals surface area contributed by atoms with Gasteiger partial charge in [0.25, 0.3) is 0 Å². The lowest BCUT2D eigenvalue weighted by molar-refractivity contribution is 0.0906. The summed E-state index contributed by atoms with van der Waals surface area (Å²) in [5, 5.41) is 0. The third kappa shape index (κ3) is 6.88. The molecular formula is C26H36N2O2S. The molecule has 3 aromatic rings. The number of rotatable bonds is 9. The van der Waals surface area contributed by atoms with Crippen molar-refractivity contribution in [1.29, 1.82) is 0 Å². The fourth-order valence-corrected chi connectivity index (χ4v) is 3.89. The number of hydrogen-bond acceptors (Lipinski definition) is 3. The molecule has 0 saturated heterocycles. The molecule has 0 aliphatic rings. The molecule has 0 bridgehead atoms. The monoisotopic (exact) mass is 440 g/mol. The Balaban J connectivity index is 1.78. The van der Waals surface area contributed by atoms with Crippen molar-refractivity contribution in [2.24, 2.45) is 0 Å². The highest BCUT2D eigenvalue weighted by molar-refractivity contribution is 8.32. The predicted octanol–water partition coefficient (Wildman–Crippen LogP) is 6.09. The molecule has 1 aromatic heterocycles. The SMILES string of the molecule is CC(C)(C)c1cc(-c2cncn2COCCS(C)(C)C)ccc1OCc1ccccc1. The summed E-state index contributed by atoms with van der Waals surface area (Å²) in [5.41, 5.74) is 4.49. The van der Waals surface area contributed by atoms with Crippen LogP contribution in [0, 0.1) is 0 Å². The molecule has 0 aliphatic carbocycles. The van der Waals surface area contributed by atoms with E-state index in [2.05, 4.69) is 79.4 Å². The van der Waals surface area contributed by atoms with Crippen molar-refractivity contribution >= 4 is 10.0 Å². The quantitative estimate of drug-likeness (QED) is 0.378. The van der Waals surface area contributed by atoms with Crippen molar-refractivity contribution in [3.05, 3.63) is 72.2 Å². The summed E-state index contributed by atoms with van der Waals surface area (Å²) in [6, 6.07) is 16.7. The van der Waals surface area contributed by atoms with Crippen molar-refractivity contribution in [3.8, 4) is 17.0 Å². The highest BCUT2D eigenvalue weighted by Gasteiger charge is 2.21. The number of benzene rings is 2. The Morgan fingerprint density at radius 3 is 2.42 bits per heavy atom. The van der Waals surface area contributed by atoms with E-state index in [1.54, 1.807) is 0 Å². The van der Waals surface area contributed by atoms with Gasteiger partial charge in [-0.1, -0.05) is 51.1 Å². The molecule has 0 fully saturated rings. The van der Waals surface area contributed by atoms with Crippen molar-refractivity contribution in [2.75, 3.05) is 31.1 Å². The lowest BCUT2D eigenvalue weighted by atomic mass is 9.85. The first-order chi connectivity index (χ1) is 14.6. The molecule has 31 heavy (non-hydrogen) atoms. The van der Waals surface area contributed by atoms with Crippen LogP contribution < -0.4 is 4.74 Å². The molecule has 0 radical (unpaired) electrons. The van der Waals surface area contributed by atoms with E-state index >= 15 is 0 Å². The van der Waals surface area contributed by atoms with Gasteiger partial charge in [0.1, 0.15) is 19.1 Å². The number of nitrogens with zero attached hydrogens (tertiary/aromatic N) is 2. The normalized spacial score (nSPS) is 12.7. The second-order valence-electron chi connectivity index (χ2n) is 9.82. The van der Waals surface area contributed by atoms with Crippen LogP contribution in [0.3, 0.4) is 0 Å². The van der Waals surface area contributed by atoms with Gasteiger partial charge in [0.05, 0.1) is 24.8 Å². The van der Waals surface area contributed by atoms with Gasteiger partial charge in [-0.05, 0) is 47.9 Å². The number of aromatic nitrogens is 2. The third-order valence-electron chi connectivity index (χ3n) is 5.10. The largest absolute Gasteiger partial charge is 0.489 e. The van der Waals surface area contributed by atoms with Crippen molar-refractivity contribution in [3.63, 3.8) is 0 Å². The molecule has 0 unspecified atom stereocenters. The van der Waals surface area contributed by atoms with Crippen LogP contribution in [-0.4, -0.2) is 40.7 Å². The highest BCUT2D eigenvalue weighted by atomic mass is 32.3. The maximum absolute atomic E-state index is 6.22. The predicted molar refractivity (Wildman–Crippen MR) is 133 cm³/mol. The summed E-state index contributed by atoms with van der Waals surface area (Å²) < 4.78 is 14.2. The lowest BCUT2D eigenvalue weighted by Gasteiger charge is -2.25. The smallest absolute Gasteiger partial charge is 0.124 e. The van der Waals surface area contributed by atoms with Gasteiger partial charge in [-0.15, -0.1) is 0 Å². The molecule has 4 nitrogen and oxygen atoms in total. The minimum Gasteiger partial charge on any atom is -0.489 e. The van der Waals surface area contributed by atoms with Gasteiger partial charge in [0, 0.05) is 16.9 Å². The number of imidazole rings is 1. The van der Waals surface area contributed by atoms with E-state index in [1.807, 2.05) is 30.7 Å². The van der Waals surface area contributed by atoms with Crippen LogP contribution in [0.25, 0.3) is 11.3 Å². The minimum atomic E-state index is -0.544. The molecule has 0 N–H and O–H groups in total. The summed E-state index contributed by atoms with van der Waals surface area (Å²) in [6.07, 6.45) is 10.7. The van der Waals surface area contributed by atoms with Gasteiger partial charge in [-0.25, -0.2) is 15.0 Å². The average Bonchev–Trinajstić information content (AvgIpc) is 3.17. The summed E-state index contributed by atoms with van der Waals surface area (Å²) in [5.74, 6) is 2.04. The van der Waals surface area contributed by atoms with E-state index in [4.69, 9.17) is 9.47 Å². The van der Waals surface area contributed by atoms with Crippen LogP contribution in [-0.2, 0) is 23.5 Å². The summed E-state index contributed by atoms with van der Waals surface area (Å²) in [6.45, 7) is 8.51. The van der Waals surface area contributed by atoms with E-state index in [1.165, 1.54) is 11.1 Å². The first-order valence-corrected chi connectivity index (χ1v) is 13.7. The molecule has 0 saturated carbocycles. The Morgan fingerprint density at radius 2 is 1.74 bits per heavy atom. The summed E-state index contributed by atoms with van der Waals surface area (Å²) in [7, 11) is -0.544. The van der Waals surface area contributed by atoms with E-state index in [0.717, 1.165) is 29.4 Å². The third-order valence-corrected chi connectivity index (χ3v) is 6.49. The summed E-state index contributed by atoms with van der Waals surface area (Å²) in [4.78, 5) is 4.37. The first kappa shape index (κ1) is 23.4. The Kier molecular flexibility index (Phi) is 7.50. The molecule has 5 heteroatoms. The second kappa shape index (κ2) is 9.92. The van der Waals surface area contributed by atoms with E-state index in [-0.39, 0.29) is 5.41 Å². The zero-order valence-electron chi connectivity index (χ0n) is 19.7. The lowest BCUT2D eigenvalue weighted by Crippen LogP contribution is -2.14. The van der Waals surface area contributed by atoms with Crippen LogP contribution in [0.5, 0.6) is 5.75 Å². The first-order valence-electron chi connectivity index (χ1n) is 10.7. The standard InChI is InChI=1S/C26H36N2O2S/c1-26(2,3)23-16-22(12-13-25(23)30-18-21-10-8-7-9-11-21)24-17-27-19-28(24)20-29-14-15-31(4,5)6/h7-13,16-17,19H,14-15,18,20H2,1-6H3. The Bertz CT molecular complexity index is 969. The van der Waals surface area contributed by atoms with Crippen LogP contribution in [0.15, 0.2) is 61.1 Å². The zero-order chi connectivity index (χ0) is 22.5. The fourth-order valence-electron chi connectivity index (χ4n) is 3.27. The van der Waals surface area contributed by atoms with Crippen LogP contribution in [0.2, 0.25) is 0 Å². The van der Waals surface area contributed by atoms with Crippen LogP contribution in [0.1, 0.15) is 31.9 Å². The Hall–Kier alpha value is -2.24. The van der Waals surface area contributed by atoms with Crippen molar-refractivity contribution in [2.45, 2.75) is 39.5 Å². The average molecular weight is 441 g/mol. The molecule has 2 aromatic carbocycles. The second-order valence-corrected chi connectivity index (χ2v) is 14.4. The van der Waals surface area contributed by atoms with Crippen molar-refractivity contribution < 1.29 is 9.47 Å². The van der Waals surface area contributed by atoms with Gasteiger partial charge in [-0.3, -0.25) is 0 Å². The summed E-state index contributed by atoms with van der Waals surface area (Å²) >= 11 is 0. The van der Waals surface area contributed by atoms with E-state index in [9.17, 15) is 0 Å². The maximum atomic E-state index is 6.22. The Labute approximate surface area is 188 Å². The van der Waals surface area contributed by atoms with E-state index < -0.39 is 10.0 Å². The van der Waals surface area contributed by atoms with Gasteiger partial charge in [0.15, 0.2) is 0 Å². The topological polar surface area (TPSA) is 36.3 Å². The van der Waals surface area contributed by atoms with Crippen LogP contribution >= 0.6 is 10.0 Å². The minimum absolute atomic E-state index is 0.0428. The fraction of sp³-hybridized carbons (Fsp3) is 0.423. The van der Waals surface area contributed by atoms with Gasteiger partial charge < -0.3 is 14.0 Å². The van der Waals surface area contributed by atoms with Gasteiger partial charge in [0.2, 0.25) is 0 Å². The zero-order valence-corrected chi connectivity index (χ0v) is 20.5. The maximum Gasteiger partial charge on any atom is 0.124 e.